The quantitative estimate of drug-likeness (QED) is 0.702. The molecule has 0 N–H and O–H groups in total. The second-order valence-corrected chi connectivity index (χ2v) is 5.44. The first-order chi connectivity index (χ1) is 10.3. The highest BCUT2D eigenvalue weighted by Crippen LogP contribution is 2.20. The summed E-state index contributed by atoms with van der Waals surface area (Å²) in [6, 6.07) is 17.9. The normalized spacial score (nSPS) is 10.3. The maximum Gasteiger partial charge on any atom is 0.159 e. The molecule has 21 heavy (non-hydrogen) atoms. The van der Waals surface area contributed by atoms with Crippen LogP contribution in [-0.4, -0.2) is 9.97 Å². The maximum atomic E-state index is 5.75. The van der Waals surface area contributed by atoms with E-state index in [9.17, 15) is 0 Å². The van der Waals surface area contributed by atoms with Gasteiger partial charge in [-0.15, -0.1) is 0 Å². The fourth-order valence-electron chi connectivity index (χ4n) is 1.90. The molecule has 104 valence electrons. The van der Waals surface area contributed by atoms with Crippen LogP contribution >= 0.6 is 15.9 Å². The van der Waals surface area contributed by atoms with Gasteiger partial charge in [0, 0.05) is 18.0 Å². The van der Waals surface area contributed by atoms with Gasteiger partial charge in [-0.2, -0.15) is 0 Å². The Balaban J connectivity index is 1.68. The van der Waals surface area contributed by atoms with Gasteiger partial charge in [0.2, 0.25) is 0 Å². The van der Waals surface area contributed by atoms with E-state index >= 15 is 0 Å². The van der Waals surface area contributed by atoms with E-state index in [1.54, 1.807) is 12.4 Å². The lowest BCUT2D eigenvalue weighted by atomic mass is 10.2. The van der Waals surface area contributed by atoms with Gasteiger partial charge in [0.15, 0.2) is 5.82 Å². The zero-order valence-electron chi connectivity index (χ0n) is 11.2. The molecule has 3 nitrogen and oxygen atoms in total. The summed E-state index contributed by atoms with van der Waals surface area (Å²) in [5, 5.41) is 0. The topological polar surface area (TPSA) is 35.0 Å². The average molecular weight is 341 g/mol. The predicted octanol–water partition coefficient (Wildman–Crippen LogP) is 4.49. The van der Waals surface area contributed by atoms with Gasteiger partial charge >= 0.3 is 0 Å². The fraction of sp³-hybridized carbons (Fsp3) is 0.0588. The Hall–Kier alpha value is -2.20. The van der Waals surface area contributed by atoms with E-state index in [1.165, 1.54) is 0 Å². The molecule has 1 aromatic heterocycles. The maximum absolute atomic E-state index is 5.75. The first kappa shape index (κ1) is 13.8. The molecule has 0 fully saturated rings. The molecule has 4 heteroatoms. The lowest BCUT2D eigenvalue weighted by molar-refractivity contribution is 0.306. The van der Waals surface area contributed by atoms with Gasteiger partial charge in [-0.3, -0.25) is 0 Å². The molecule has 3 rings (SSSR count). The first-order valence-electron chi connectivity index (χ1n) is 6.56. The van der Waals surface area contributed by atoms with E-state index in [2.05, 4.69) is 25.9 Å². The van der Waals surface area contributed by atoms with E-state index in [0.29, 0.717) is 12.4 Å². The Morgan fingerprint density at radius 1 is 0.857 bits per heavy atom. The van der Waals surface area contributed by atoms with Gasteiger partial charge in [-0.1, -0.05) is 30.3 Å². The molecule has 2 aromatic carbocycles. The molecule has 0 bridgehead atoms. The van der Waals surface area contributed by atoms with Crippen molar-refractivity contribution in [3.8, 4) is 17.1 Å². The van der Waals surface area contributed by atoms with Gasteiger partial charge in [0.1, 0.15) is 12.4 Å². The van der Waals surface area contributed by atoms with Crippen molar-refractivity contribution < 1.29 is 4.74 Å². The minimum absolute atomic E-state index is 0.564. The van der Waals surface area contributed by atoms with Crippen LogP contribution in [-0.2, 0) is 6.61 Å². The molecule has 0 spiro atoms. The van der Waals surface area contributed by atoms with Crippen LogP contribution in [0.15, 0.2) is 71.5 Å². The zero-order chi connectivity index (χ0) is 14.5. The van der Waals surface area contributed by atoms with Crippen LogP contribution in [0.3, 0.4) is 0 Å². The molecule has 0 radical (unpaired) electrons. The third-order valence-electron chi connectivity index (χ3n) is 2.98. The minimum atomic E-state index is 0.564. The average Bonchev–Trinajstić information content (AvgIpc) is 2.55. The number of hydrogen-bond acceptors (Lipinski definition) is 3. The van der Waals surface area contributed by atoms with Gasteiger partial charge in [0.25, 0.3) is 0 Å². The lowest BCUT2D eigenvalue weighted by Gasteiger charge is -2.07. The third kappa shape index (κ3) is 3.67. The SMILES string of the molecule is Brc1cnc(-c2ccc(OCc3ccccc3)cc2)nc1. The lowest BCUT2D eigenvalue weighted by Crippen LogP contribution is -1.95. The van der Waals surface area contributed by atoms with Crippen LogP contribution in [0.1, 0.15) is 5.56 Å². The number of benzene rings is 2. The Labute approximate surface area is 131 Å². The van der Waals surface area contributed by atoms with Gasteiger partial charge < -0.3 is 4.74 Å². The molecular formula is C17H13BrN2O. The molecule has 0 aliphatic carbocycles. The van der Waals surface area contributed by atoms with Gasteiger partial charge in [-0.25, -0.2) is 9.97 Å². The minimum Gasteiger partial charge on any atom is -0.489 e. The number of hydrogen-bond donors (Lipinski definition) is 0. The van der Waals surface area contributed by atoms with Crippen LogP contribution < -0.4 is 4.74 Å². The number of nitrogens with zero attached hydrogens (tertiary/aromatic N) is 2. The van der Waals surface area contributed by atoms with Crippen molar-refractivity contribution in [2.75, 3.05) is 0 Å². The smallest absolute Gasteiger partial charge is 0.159 e. The van der Waals surface area contributed by atoms with Crippen molar-refractivity contribution in [1.82, 2.24) is 9.97 Å². The van der Waals surface area contributed by atoms with E-state index < -0.39 is 0 Å². The van der Waals surface area contributed by atoms with E-state index in [4.69, 9.17) is 4.74 Å². The first-order valence-corrected chi connectivity index (χ1v) is 7.35. The standard InChI is InChI=1S/C17H13BrN2O/c18-15-10-19-17(20-11-15)14-6-8-16(9-7-14)21-12-13-4-2-1-3-5-13/h1-11H,12H2. The summed E-state index contributed by atoms with van der Waals surface area (Å²) in [5.74, 6) is 1.53. The van der Waals surface area contributed by atoms with Crippen LogP contribution in [0.4, 0.5) is 0 Å². The van der Waals surface area contributed by atoms with Crippen LogP contribution in [0.2, 0.25) is 0 Å². The van der Waals surface area contributed by atoms with Crippen molar-refractivity contribution in [3.63, 3.8) is 0 Å². The molecule has 1 heterocycles. The van der Waals surface area contributed by atoms with Crippen LogP contribution in [0.5, 0.6) is 5.75 Å². The molecule has 0 atom stereocenters. The van der Waals surface area contributed by atoms with Crippen molar-refractivity contribution >= 4 is 15.9 Å². The number of halogens is 1. The Bertz CT molecular complexity index is 697. The summed E-state index contributed by atoms with van der Waals surface area (Å²) in [5.41, 5.74) is 2.12. The fourth-order valence-corrected chi connectivity index (χ4v) is 2.11. The summed E-state index contributed by atoms with van der Waals surface area (Å²) in [4.78, 5) is 8.55. The number of aromatic nitrogens is 2. The molecule has 0 aliphatic heterocycles. The molecule has 0 unspecified atom stereocenters. The Morgan fingerprint density at radius 2 is 1.52 bits per heavy atom. The summed E-state index contributed by atoms with van der Waals surface area (Å²) in [6.07, 6.45) is 3.48. The number of rotatable bonds is 4. The highest BCUT2D eigenvalue weighted by molar-refractivity contribution is 9.10. The van der Waals surface area contributed by atoms with Crippen molar-refractivity contribution in [2.45, 2.75) is 6.61 Å². The molecule has 0 aliphatic rings. The number of ether oxygens (including phenoxy) is 1. The largest absolute Gasteiger partial charge is 0.489 e. The summed E-state index contributed by atoms with van der Waals surface area (Å²) < 4.78 is 6.62. The highest BCUT2D eigenvalue weighted by Gasteiger charge is 2.02. The molecule has 0 saturated carbocycles. The van der Waals surface area contributed by atoms with Crippen LogP contribution in [0, 0.1) is 0 Å². The summed E-state index contributed by atoms with van der Waals surface area (Å²) >= 11 is 3.33. The second kappa shape index (κ2) is 6.50. The van der Waals surface area contributed by atoms with Crippen molar-refractivity contribution in [3.05, 3.63) is 77.0 Å². The van der Waals surface area contributed by atoms with E-state index in [-0.39, 0.29) is 0 Å². The van der Waals surface area contributed by atoms with Gasteiger partial charge in [-0.05, 0) is 45.8 Å². The molecular weight excluding hydrogens is 328 g/mol. The second-order valence-electron chi connectivity index (χ2n) is 4.52. The zero-order valence-corrected chi connectivity index (χ0v) is 12.8. The van der Waals surface area contributed by atoms with Crippen molar-refractivity contribution in [2.24, 2.45) is 0 Å². The third-order valence-corrected chi connectivity index (χ3v) is 3.39. The Morgan fingerprint density at radius 3 is 2.19 bits per heavy atom. The molecule has 0 saturated heterocycles. The highest BCUT2D eigenvalue weighted by atomic mass is 79.9. The summed E-state index contributed by atoms with van der Waals surface area (Å²) in [6.45, 7) is 0.564. The van der Waals surface area contributed by atoms with E-state index in [1.807, 2.05) is 54.6 Å². The van der Waals surface area contributed by atoms with Gasteiger partial charge in [0.05, 0.1) is 4.47 Å². The summed E-state index contributed by atoms with van der Waals surface area (Å²) in [7, 11) is 0. The van der Waals surface area contributed by atoms with Crippen LogP contribution in [0.25, 0.3) is 11.4 Å². The van der Waals surface area contributed by atoms with E-state index in [0.717, 1.165) is 21.3 Å². The monoisotopic (exact) mass is 340 g/mol. The van der Waals surface area contributed by atoms with Crippen molar-refractivity contribution in [1.29, 1.82) is 0 Å². The Kier molecular flexibility index (Phi) is 4.26. The molecule has 3 aromatic rings. The molecule has 0 amide bonds. The predicted molar refractivity (Wildman–Crippen MR) is 85.9 cm³/mol.